The fourth-order valence-corrected chi connectivity index (χ4v) is 3.08. The lowest BCUT2D eigenvalue weighted by Gasteiger charge is -2.34. The van der Waals surface area contributed by atoms with Crippen LogP contribution in [-0.2, 0) is 4.79 Å². The molecule has 0 aliphatic carbocycles. The summed E-state index contributed by atoms with van der Waals surface area (Å²) in [5.41, 5.74) is 0.697. The van der Waals surface area contributed by atoms with Crippen LogP contribution in [0.4, 0.5) is 0 Å². The van der Waals surface area contributed by atoms with Crippen LogP contribution in [0.3, 0.4) is 0 Å². The summed E-state index contributed by atoms with van der Waals surface area (Å²) in [6, 6.07) is 5.37. The van der Waals surface area contributed by atoms with Crippen molar-refractivity contribution in [2.75, 3.05) is 26.3 Å². The smallest absolute Gasteiger partial charge is 0.228 e. The summed E-state index contributed by atoms with van der Waals surface area (Å²) in [6.45, 7) is 5.98. The Morgan fingerprint density at radius 3 is 2.91 bits per heavy atom. The van der Waals surface area contributed by atoms with E-state index in [-0.39, 0.29) is 5.91 Å². The SMILES string of the molecule is C=CCN1CCC[C@@H]([C@@H](O)c2ccc3c(c2)OCCO3)C1=O. The third-order valence-corrected chi connectivity index (χ3v) is 4.21. The fraction of sp³-hybridized carbons (Fsp3) is 0.471. The van der Waals surface area contributed by atoms with Crippen LogP contribution in [0.2, 0.25) is 0 Å². The topological polar surface area (TPSA) is 59.0 Å². The van der Waals surface area contributed by atoms with Crippen LogP contribution in [0.25, 0.3) is 0 Å². The van der Waals surface area contributed by atoms with Crippen LogP contribution in [0, 0.1) is 5.92 Å². The highest BCUT2D eigenvalue weighted by Gasteiger charge is 2.34. The number of ether oxygens (including phenoxy) is 2. The zero-order valence-electron chi connectivity index (χ0n) is 12.5. The maximum atomic E-state index is 12.5. The van der Waals surface area contributed by atoms with Crippen molar-refractivity contribution in [3.63, 3.8) is 0 Å². The van der Waals surface area contributed by atoms with E-state index in [0.29, 0.717) is 43.2 Å². The molecule has 22 heavy (non-hydrogen) atoms. The highest BCUT2D eigenvalue weighted by Crippen LogP contribution is 2.36. The number of amides is 1. The van der Waals surface area contributed by atoms with Gasteiger partial charge in [-0.25, -0.2) is 0 Å². The number of fused-ring (bicyclic) bond motifs is 1. The minimum Gasteiger partial charge on any atom is -0.486 e. The van der Waals surface area contributed by atoms with Crippen molar-refractivity contribution in [1.82, 2.24) is 4.90 Å². The molecule has 1 amide bonds. The van der Waals surface area contributed by atoms with Crippen LogP contribution >= 0.6 is 0 Å². The van der Waals surface area contributed by atoms with Gasteiger partial charge in [0.1, 0.15) is 13.2 Å². The molecule has 2 heterocycles. The third kappa shape index (κ3) is 2.81. The van der Waals surface area contributed by atoms with Gasteiger partial charge in [0.05, 0.1) is 12.0 Å². The molecule has 5 heteroatoms. The molecular weight excluding hydrogens is 282 g/mol. The summed E-state index contributed by atoms with van der Waals surface area (Å²) >= 11 is 0. The van der Waals surface area contributed by atoms with Crippen LogP contribution in [0.5, 0.6) is 11.5 Å². The van der Waals surface area contributed by atoms with E-state index >= 15 is 0 Å². The van der Waals surface area contributed by atoms with E-state index in [9.17, 15) is 9.90 Å². The van der Waals surface area contributed by atoms with Crippen LogP contribution in [0.15, 0.2) is 30.9 Å². The number of hydrogen-bond acceptors (Lipinski definition) is 4. The Kier molecular flexibility index (Phi) is 4.34. The molecular formula is C17H21NO4. The number of aliphatic hydroxyl groups is 1. The van der Waals surface area contributed by atoms with Crippen molar-refractivity contribution in [1.29, 1.82) is 0 Å². The second-order valence-electron chi connectivity index (χ2n) is 5.67. The van der Waals surface area contributed by atoms with Gasteiger partial charge in [0.2, 0.25) is 5.91 Å². The van der Waals surface area contributed by atoms with E-state index < -0.39 is 12.0 Å². The van der Waals surface area contributed by atoms with Gasteiger partial charge in [0, 0.05) is 13.1 Å². The average Bonchev–Trinajstić information content (AvgIpc) is 2.56. The van der Waals surface area contributed by atoms with Gasteiger partial charge in [-0.2, -0.15) is 0 Å². The third-order valence-electron chi connectivity index (χ3n) is 4.21. The number of benzene rings is 1. The highest BCUT2D eigenvalue weighted by atomic mass is 16.6. The largest absolute Gasteiger partial charge is 0.486 e. The van der Waals surface area contributed by atoms with Crippen LogP contribution in [0.1, 0.15) is 24.5 Å². The Morgan fingerprint density at radius 2 is 2.14 bits per heavy atom. The molecule has 2 aliphatic heterocycles. The van der Waals surface area contributed by atoms with E-state index in [4.69, 9.17) is 9.47 Å². The molecule has 2 atom stereocenters. The normalized spacial score (nSPS) is 22.3. The molecule has 0 bridgehead atoms. The monoisotopic (exact) mass is 303 g/mol. The molecule has 1 fully saturated rings. The Labute approximate surface area is 130 Å². The van der Waals surface area contributed by atoms with E-state index in [1.165, 1.54) is 0 Å². The highest BCUT2D eigenvalue weighted by molar-refractivity contribution is 5.80. The van der Waals surface area contributed by atoms with E-state index in [2.05, 4.69) is 6.58 Å². The summed E-state index contributed by atoms with van der Waals surface area (Å²) in [5, 5.41) is 10.6. The van der Waals surface area contributed by atoms with Crippen molar-refractivity contribution < 1.29 is 19.4 Å². The number of carbonyl (C=O) groups excluding carboxylic acids is 1. The lowest BCUT2D eigenvalue weighted by atomic mass is 9.87. The minimum absolute atomic E-state index is 0.00598. The van der Waals surface area contributed by atoms with Crippen molar-refractivity contribution >= 4 is 5.91 Å². The molecule has 0 spiro atoms. The van der Waals surface area contributed by atoms with Gasteiger partial charge in [0.25, 0.3) is 0 Å². The van der Waals surface area contributed by atoms with Gasteiger partial charge in [-0.15, -0.1) is 6.58 Å². The Hall–Kier alpha value is -2.01. The van der Waals surface area contributed by atoms with Crippen LogP contribution < -0.4 is 9.47 Å². The van der Waals surface area contributed by atoms with Gasteiger partial charge >= 0.3 is 0 Å². The maximum Gasteiger partial charge on any atom is 0.228 e. The number of carbonyl (C=O) groups is 1. The van der Waals surface area contributed by atoms with Crippen molar-refractivity contribution in [3.8, 4) is 11.5 Å². The molecule has 1 aromatic rings. The zero-order valence-corrected chi connectivity index (χ0v) is 12.5. The number of nitrogens with zero attached hydrogens (tertiary/aromatic N) is 1. The Balaban J connectivity index is 1.79. The molecule has 0 radical (unpaired) electrons. The zero-order chi connectivity index (χ0) is 15.5. The first-order chi connectivity index (χ1) is 10.7. The van der Waals surface area contributed by atoms with E-state index in [1.807, 2.05) is 0 Å². The molecule has 0 saturated carbocycles. The van der Waals surface area contributed by atoms with Gasteiger partial charge in [-0.3, -0.25) is 4.79 Å². The maximum absolute atomic E-state index is 12.5. The van der Waals surface area contributed by atoms with Crippen LogP contribution in [-0.4, -0.2) is 42.2 Å². The first kappa shape index (κ1) is 14.9. The summed E-state index contributed by atoms with van der Waals surface area (Å²) in [6.07, 6.45) is 2.49. The fourth-order valence-electron chi connectivity index (χ4n) is 3.08. The molecule has 3 rings (SSSR count). The summed E-state index contributed by atoms with van der Waals surface area (Å²) in [7, 11) is 0. The molecule has 1 aromatic carbocycles. The number of aliphatic hydroxyl groups excluding tert-OH is 1. The van der Waals surface area contributed by atoms with Gasteiger partial charge < -0.3 is 19.5 Å². The van der Waals surface area contributed by atoms with E-state index in [1.54, 1.807) is 29.2 Å². The van der Waals surface area contributed by atoms with Gasteiger partial charge in [-0.1, -0.05) is 12.1 Å². The standard InChI is InChI=1S/C17H21NO4/c1-2-7-18-8-3-4-13(17(18)20)16(19)12-5-6-14-15(11-12)22-10-9-21-14/h2,5-6,11,13,16,19H,1,3-4,7-10H2/t13-,16-/m0/s1. The predicted molar refractivity (Wildman–Crippen MR) is 81.9 cm³/mol. The van der Waals surface area contributed by atoms with Gasteiger partial charge in [0.15, 0.2) is 11.5 Å². The summed E-state index contributed by atoms with van der Waals surface area (Å²) < 4.78 is 11.0. The molecule has 2 aliphatic rings. The Bertz CT molecular complexity index is 572. The summed E-state index contributed by atoms with van der Waals surface area (Å²) in [4.78, 5) is 14.2. The molecule has 5 nitrogen and oxygen atoms in total. The molecule has 0 aromatic heterocycles. The van der Waals surface area contributed by atoms with Gasteiger partial charge in [-0.05, 0) is 30.5 Å². The first-order valence-corrected chi connectivity index (χ1v) is 7.68. The summed E-state index contributed by atoms with van der Waals surface area (Å²) in [5.74, 6) is 0.907. The lowest BCUT2D eigenvalue weighted by Crippen LogP contribution is -2.43. The second-order valence-corrected chi connectivity index (χ2v) is 5.67. The minimum atomic E-state index is -0.823. The van der Waals surface area contributed by atoms with E-state index in [0.717, 1.165) is 13.0 Å². The molecule has 1 N–H and O–H groups in total. The molecule has 0 unspecified atom stereocenters. The average molecular weight is 303 g/mol. The van der Waals surface area contributed by atoms with Crippen molar-refractivity contribution in [2.45, 2.75) is 18.9 Å². The number of piperidine rings is 1. The quantitative estimate of drug-likeness (QED) is 0.863. The second kappa shape index (κ2) is 6.40. The first-order valence-electron chi connectivity index (χ1n) is 7.68. The Morgan fingerprint density at radius 1 is 1.36 bits per heavy atom. The number of rotatable bonds is 4. The number of likely N-dealkylation sites (tertiary alicyclic amines) is 1. The predicted octanol–water partition coefficient (Wildman–Crippen LogP) is 1.92. The lowest BCUT2D eigenvalue weighted by molar-refractivity contribution is -0.142. The molecule has 118 valence electrons. The van der Waals surface area contributed by atoms with Crippen molar-refractivity contribution in [3.05, 3.63) is 36.4 Å². The molecule has 1 saturated heterocycles. The van der Waals surface area contributed by atoms with Crippen molar-refractivity contribution in [2.24, 2.45) is 5.92 Å². The number of hydrogen-bond donors (Lipinski definition) is 1.